The summed E-state index contributed by atoms with van der Waals surface area (Å²) in [4.78, 5) is 0. The molecule has 0 spiro atoms. The third-order valence-electron chi connectivity index (χ3n) is 4.24. The van der Waals surface area contributed by atoms with Crippen LogP contribution < -0.4 is 4.74 Å². The maximum absolute atomic E-state index is 12.3. The van der Waals surface area contributed by atoms with E-state index in [0.29, 0.717) is 11.1 Å². The third kappa shape index (κ3) is 3.72. The van der Waals surface area contributed by atoms with Crippen molar-refractivity contribution in [1.82, 2.24) is 0 Å². The fourth-order valence-corrected chi connectivity index (χ4v) is 3.08. The summed E-state index contributed by atoms with van der Waals surface area (Å²) in [6.45, 7) is 4.84. The zero-order valence-electron chi connectivity index (χ0n) is 13.2. The number of aliphatic hydroxyl groups is 1. The Morgan fingerprint density at radius 2 is 1.92 bits per heavy atom. The summed E-state index contributed by atoms with van der Waals surface area (Å²) in [7, 11) is -1.50. The van der Waals surface area contributed by atoms with Gasteiger partial charge < -0.3 is 24.2 Å². The van der Waals surface area contributed by atoms with E-state index in [-0.39, 0.29) is 11.1 Å². The number of benzene rings is 1. The fourth-order valence-electron chi connectivity index (χ4n) is 2.60. The van der Waals surface area contributed by atoms with E-state index in [2.05, 4.69) is 20.7 Å². The lowest BCUT2D eigenvalue weighted by Gasteiger charge is -2.40. The van der Waals surface area contributed by atoms with Crippen LogP contribution in [-0.2, 0) is 14.6 Å². The van der Waals surface area contributed by atoms with Crippen molar-refractivity contribution < 1.29 is 37.3 Å². The molecule has 0 saturated carbocycles. The van der Waals surface area contributed by atoms with Gasteiger partial charge in [0, 0.05) is 5.33 Å². The van der Waals surface area contributed by atoms with E-state index in [0.717, 1.165) is 6.07 Å². The molecule has 1 aliphatic heterocycles. The van der Waals surface area contributed by atoms with Crippen molar-refractivity contribution in [2.24, 2.45) is 0 Å². The SMILES string of the molecule is CC1(C)OB(O)OC1(C)C(O)c1ccc(OC(F)(F)F)cc1CBr. The van der Waals surface area contributed by atoms with Gasteiger partial charge >= 0.3 is 13.7 Å². The second-order valence-corrected chi connectivity index (χ2v) is 6.67. The Bertz CT molecular complexity index is 613. The molecule has 5 nitrogen and oxygen atoms in total. The van der Waals surface area contributed by atoms with Crippen molar-refractivity contribution in [3.63, 3.8) is 0 Å². The number of rotatable bonds is 4. The van der Waals surface area contributed by atoms with E-state index >= 15 is 0 Å². The van der Waals surface area contributed by atoms with Crippen molar-refractivity contribution in [3.8, 4) is 5.75 Å². The molecule has 0 amide bonds. The van der Waals surface area contributed by atoms with E-state index in [9.17, 15) is 23.3 Å². The van der Waals surface area contributed by atoms with Crippen LogP contribution in [0.1, 0.15) is 38.0 Å². The predicted molar refractivity (Wildman–Crippen MR) is 83.3 cm³/mol. The predicted octanol–water partition coefficient (Wildman–Crippen LogP) is 3.07. The normalized spacial score (nSPS) is 25.0. The fraction of sp³-hybridized carbons (Fsp3) is 0.571. The largest absolute Gasteiger partial charge is 0.637 e. The van der Waals surface area contributed by atoms with Crippen LogP contribution in [0.15, 0.2) is 18.2 Å². The van der Waals surface area contributed by atoms with Gasteiger partial charge in [0.1, 0.15) is 17.5 Å². The van der Waals surface area contributed by atoms with E-state index in [1.54, 1.807) is 20.8 Å². The van der Waals surface area contributed by atoms with E-state index in [1.807, 2.05) is 0 Å². The van der Waals surface area contributed by atoms with Gasteiger partial charge in [-0.2, -0.15) is 0 Å². The molecule has 1 saturated heterocycles. The second kappa shape index (κ2) is 6.49. The molecule has 1 aromatic rings. The summed E-state index contributed by atoms with van der Waals surface area (Å²) in [6.07, 6.45) is -6.05. The van der Waals surface area contributed by atoms with Gasteiger partial charge in [0.2, 0.25) is 0 Å². The Labute approximate surface area is 146 Å². The molecular weight excluding hydrogens is 396 g/mol. The summed E-state index contributed by atoms with van der Waals surface area (Å²) >= 11 is 3.19. The average molecular weight is 413 g/mol. The summed E-state index contributed by atoms with van der Waals surface area (Å²) < 4.78 is 51.5. The Morgan fingerprint density at radius 1 is 1.29 bits per heavy atom. The first kappa shape index (κ1) is 19.5. The molecule has 0 bridgehead atoms. The average Bonchev–Trinajstić information content (AvgIpc) is 2.64. The molecule has 0 radical (unpaired) electrons. The van der Waals surface area contributed by atoms with Crippen molar-refractivity contribution in [1.29, 1.82) is 0 Å². The lowest BCUT2D eigenvalue weighted by Crippen LogP contribution is -2.49. The van der Waals surface area contributed by atoms with Gasteiger partial charge in [-0.15, -0.1) is 13.2 Å². The number of hydrogen-bond donors (Lipinski definition) is 2. The number of aliphatic hydroxyl groups excluding tert-OH is 1. The van der Waals surface area contributed by atoms with Gasteiger partial charge in [0.05, 0.1) is 5.60 Å². The highest BCUT2D eigenvalue weighted by atomic mass is 79.9. The van der Waals surface area contributed by atoms with Crippen molar-refractivity contribution in [2.45, 2.75) is 49.8 Å². The highest BCUT2D eigenvalue weighted by Crippen LogP contribution is 2.46. The molecule has 2 rings (SSSR count). The molecular formula is C14H17BBrF3O5. The van der Waals surface area contributed by atoms with Crippen LogP contribution in [0.5, 0.6) is 5.75 Å². The van der Waals surface area contributed by atoms with Crippen molar-refractivity contribution >= 4 is 23.3 Å². The van der Waals surface area contributed by atoms with Crippen molar-refractivity contribution in [3.05, 3.63) is 29.3 Å². The first-order chi connectivity index (χ1) is 10.9. The molecule has 24 heavy (non-hydrogen) atoms. The number of ether oxygens (including phenoxy) is 1. The van der Waals surface area contributed by atoms with Crippen molar-refractivity contribution in [2.75, 3.05) is 0 Å². The highest BCUT2D eigenvalue weighted by Gasteiger charge is 2.58. The van der Waals surface area contributed by atoms with Crippen LogP contribution in [-0.4, -0.2) is 35.0 Å². The van der Waals surface area contributed by atoms with Crippen LogP contribution >= 0.6 is 15.9 Å². The van der Waals surface area contributed by atoms with Crippen LogP contribution in [0.25, 0.3) is 0 Å². The van der Waals surface area contributed by atoms with Gasteiger partial charge in [-0.25, -0.2) is 0 Å². The highest BCUT2D eigenvalue weighted by molar-refractivity contribution is 9.08. The Hall–Kier alpha value is -0.805. The minimum absolute atomic E-state index is 0.189. The van der Waals surface area contributed by atoms with Crippen LogP contribution in [0.3, 0.4) is 0 Å². The maximum atomic E-state index is 12.3. The second-order valence-electron chi connectivity index (χ2n) is 6.10. The molecule has 0 aliphatic carbocycles. The summed E-state index contributed by atoms with van der Waals surface area (Å²) in [6, 6.07) is 3.63. The Balaban J connectivity index is 2.37. The van der Waals surface area contributed by atoms with Crippen LogP contribution in [0, 0.1) is 0 Å². The summed E-state index contributed by atoms with van der Waals surface area (Å²) in [5.74, 6) is -0.388. The molecule has 2 atom stereocenters. The Morgan fingerprint density at radius 3 is 2.38 bits per heavy atom. The van der Waals surface area contributed by atoms with Crippen LogP contribution in [0.4, 0.5) is 13.2 Å². The maximum Gasteiger partial charge on any atom is 0.637 e. The summed E-state index contributed by atoms with van der Waals surface area (Å²) in [5.41, 5.74) is -1.60. The minimum Gasteiger partial charge on any atom is -0.406 e. The van der Waals surface area contributed by atoms with E-state index in [4.69, 9.17) is 9.31 Å². The van der Waals surface area contributed by atoms with E-state index in [1.165, 1.54) is 12.1 Å². The number of hydrogen-bond acceptors (Lipinski definition) is 5. The Kier molecular flexibility index (Phi) is 5.28. The third-order valence-corrected chi connectivity index (χ3v) is 4.85. The zero-order chi connectivity index (χ0) is 18.3. The number of halogens is 4. The minimum atomic E-state index is -4.80. The molecule has 2 N–H and O–H groups in total. The molecule has 1 fully saturated rings. The first-order valence-corrected chi connectivity index (χ1v) is 8.18. The topological polar surface area (TPSA) is 68.2 Å². The van der Waals surface area contributed by atoms with Gasteiger partial charge in [-0.05, 0) is 44.0 Å². The molecule has 10 heteroatoms. The first-order valence-electron chi connectivity index (χ1n) is 7.06. The molecule has 1 aromatic carbocycles. The monoisotopic (exact) mass is 412 g/mol. The van der Waals surface area contributed by atoms with Crippen LogP contribution in [0.2, 0.25) is 0 Å². The summed E-state index contributed by atoms with van der Waals surface area (Å²) in [5, 5.41) is 20.5. The van der Waals surface area contributed by atoms with Gasteiger partial charge in [0.15, 0.2) is 0 Å². The molecule has 0 aromatic heterocycles. The standard InChI is InChI=1S/C14H17BBrF3O5/c1-12(2)13(3,24-15(21)23-12)11(20)10-5-4-9(6-8(10)7-16)22-14(17,18)19/h4-6,11,20-21H,7H2,1-3H3. The van der Waals surface area contributed by atoms with Gasteiger partial charge in [-0.3, -0.25) is 0 Å². The lowest BCUT2D eigenvalue weighted by atomic mass is 9.79. The molecule has 2 unspecified atom stereocenters. The lowest BCUT2D eigenvalue weighted by molar-refractivity contribution is -0.274. The molecule has 134 valence electrons. The molecule has 1 heterocycles. The smallest absolute Gasteiger partial charge is 0.406 e. The zero-order valence-corrected chi connectivity index (χ0v) is 14.8. The number of alkyl halides is 4. The van der Waals surface area contributed by atoms with Gasteiger partial charge in [-0.1, -0.05) is 22.0 Å². The molecule has 1 aliphatic rings. The van der Waals surface area contributed by atoms with Gasteiger partial charge in [0.25, 0.3) is 0 Å². The quantitative estimate of drug-likeness (QED) is 0.587. The van der Waals surface area contributed by atoms with E-state index < -0.39 is 31.0 Å².